The lowest BCUT2D eigenvalue weighted by Crippen LogP contribution is -2.05. The van der Waals surface area contributed by atoms with Gasteiger partial charge in [-0.3, -0.25) is 4.68 Å². The fourth-order valence-electron chi connectivity index (χ4n) is 1.65. The van der Waals surface area contributed by atoms with Crippen molar-refractivity contribution in [1.29, 1.82) is 0 Å². The summed E-state index contributed by atoms with van der Waals surface area (Å²) in [7, 11) is 1.91. The SMILES string of the molecule is Cc1cc(CNc2ccc(F)cc2Br)n(C)n1. The first-order chi connectivity index (χ1) is 8.06. The molecule has 0 bridgehead atoms. The number of nitrogens with one attached hydrogen (secondary N) is 1. The quantitative estimate of drug-likeness (QED) is 0.942. The summed E-state index contributed by atoms with van der Waals surface area (Å²) < 4.78 is 15.5. The van der Waals surface area contributed by atoms with Gasteiger partial charge in [0, 0.05) is 17.2 Å². The Morgan fingerprint density at radius 2 is 2.18 bits per heavy atom. The number of aryl methyl sites for hydroxylation is 2. The fourth-order valence-corrected chi connectivity index (χ4v) is 2.14. The molecule has 0 atom stereocenters. The predicted molar refractivity (Wildman–Crippen MR) is 69.4 cm³/mol. The first-order valence-electron chi connectivity index (χ1n) is 5.24. The van der Waals surface area contributed by atoms with Crippen molar-refractivity contribution in [2.45, 2.75) is 13.5 Å². The van der Waals surface area contributed by atoms with E-state index in [-0.39, 0.29) is 5.82 Å². The van der Waals surface area contributed by atoms with Gasteiger partial charge in [-0.2, -0.15) is 5.10 Å². The number of benzene rings is 1. The van der Waals surface area contributed by atoms with Crippen LogP contribution in [0.25, 0.3) is 0 Å². The number of nitrogens with zero attached hydrogens (tertiary/aromatic N) is 2. The second-order valence-corrected chi connectivity index (χ2v) is 4.73. The van der Waals surface area contributed by atoms with Gasteiger partial charge in [0.15, 0.2) is 0 Å². The van der Waals surface area contributed by atoms with Gasteiger partial charge in [0.2, 0.25) is 0 Å². The minimum absolute atomic E-state index is 0.251. The van der Waals surface area contributed by atoms with Crippen LogP contribution in [0.2, 0.25) is 0 Å². The highest BCUT2D eigenvalue weighted by molar-refractivity contribution is 9.10. The van der Waals surface area contributed by atoms with E-state index in [1.807, 2.05) is 24.7 Å². The van der Waals surface area contributed by atoms with E-state index in [0.29, 0.717) is 6.54 Å². The average molecular weight is 298 g/mol. The summed E-state index contributed by atoms with van der Waals surface area (Å²) in [6.07, 6.45) is 0. The number of hydrogen-bond acceptors (Lipinski definition) is 2. The van der Waals surface area contributed by atoms with Crippen molar-refractivity contribution in [3.63, 3.8) is 0 Å². The van der Waals surface area contributed by atoms with Crippen molar-refractivity contribution in [2.24, 2.45) is 7.05 Å². The van der Waals surface area contributed by atoms with Crippen LogP contribution in [0.5, 0.6) is 0 Å². The molecule has 1 heterocycles. The Kier molecular flexibility index (Phi) is 3.47. The van der Waals surface area contributed by atoms with E-state index < -0.39 is 0 Å². The molecule has 1 N–H and O–H groups in total. The summed E-state index contributed by atoms with van der Waals surface area (Å²) in [4.78, 5) is 0. The Morgan fingerprint density at radius 1 is 1.41 bits per heavy atom. The standard InChI is InChI=1S/C12H13BrFN3/c1-8-5-10(17(2)16-8)7-15-12-4-3-9(14)6-11(12)13/h3-6,15H,7H2,1-2H3. The molecule has 0 unspecified atom stereocenters. The van der Waals surface area contributed by atoms with Gasteiger partial charge in [-0.05, 0) is 47.1 Å². The molecule has 0 aliphatic rings. The lowest BCUT2D eigenvalue weighted by molar-refractivity contribution is 0.627. The van der Waals surface area contributed by atoms with Gasteiger partial charge in [-0.15, -0.1) is 0 Å². The summed E-state index contributed by atoms with van der Waals surface area (Å²) in [5.41, 5.74) is 2.94. The largest absolute Gasteiger partial charge is 0.378 e. The third kappa shape index (κ3) is 2.85. The molecule has 90 valence electrons. The first-order valence-corrected chi connectivity index (χ1v) is 6.04. The normalized spacial score (nSPS) is 10.6. The molecule has 3 nitrogen and oxygen atoms in total. The third-order valence-corrected chi connectivity index (χ3v) is 3.15. The number of rotatable bonds is 3. The predicted octanol–water partition coefficient (Wildman–Crippen LogP) is 3.24. The van der Waals surface area contributed by atoms with Crippen molar-refractivity contribution in [1.82, 2.24) is 9.78 Å². The maximum atomic E-state index is 12.9. The van der Waals surface area contributed by atoms with E-state index in [9.17, 15) is 4.39 Å². The van der Waals surface area contributed by atoms with Crippen LogP contribution < -0.4 is 5.32 Å². The van der Waals surface area contributed by atoms with Gasteiger partial charge < -0.3 is 5.32 Å². The van der Waals surface area contributed by atoms with Crippen LogP contribution in [0.4, 0.5) is 10.1 Å². The van der Waals surface area contributed by atoms with Crippen LogP contribution in [-0.4, -0.2) is 9.78 Å². The molecule has 0 saturated carbocycles. The zero-order chi connectivity index (χ0) is 12.4. The van der Waals surface area contributed by atoms with Gasteiger partial charge in [-0.25, -0.2) is 4.39 Å². The van der Waals surface area contributed by atoms with E-state index in [1.54, 1.807) is 6.07 Å². The summed E-state index contributed by atoms with van der Waals surface area (Å²) in [6.45, 7) is 2.61. The Balaban J connectivity index is 2.10. The van der Waals surface area contributed by atoms with E-state index in [2.05, 4.69) is 26.3 Å². The Hall–Kier alpha value is -1.36. The van der Waals surface area contributed by atoms with Crippen LogP contribution in [-0.2, 0) is 13.6 Å². The average Bonchev–Trinajstić information content (AvgIpc) is 2.56. The molecule has 17 heavy (non-hydrogen) atoms. The molecule has 0 radical (unpaired) electrons. The lowest BCUT2D eigenvalue weighted by atomic mass is 10.3. The van der Waals surface area contributed by atoms with Crippen LogP contribution in [0, 0.1) is 12.7 Å². The van der Waals surface area contributed by atoms with Crippen LogP contribution >= 0.6 is 15.9 Å². The number of halogens is 2. The molecule has 0 amide bonds. The molecule has 0 spiro atoms. The molecule has 1 aromatic heterocycles. The zero-order valence-electron chi connectivity index (χ0n) is 9.67. The Morgan fingerprint density at radius 3 is 2.76 bits per heavy atom. The Labute approximate surface area is 108 Å². The number of aromatic nitrogens is 2. The molecule has 0 aliphatic carbocycles. The van der Waals surface area contributed by atoms with Crippen LogP contribution in [0.15, 0.2) is 28.7 Å². The molecule has 0 fully saturated rings. The minimum Gasteiger partial charge on any atom is -0.378 e. The molecule has 1 aromatic carbocycles. The van der Waals surface area contributed by atoms with Crippen molar-refractivity contribution >= 4 is 21.6 Å². The zero-order valence-corrected chi connectivity index (χ0v) is 11.3. The topological polar surface area (TPSA) is 29.9 Å². The second-order valence-electron chi connectivity index (χ2n) is 3.88. The van der Waals surface area contributed by atoms with E-state index in [1.165, 1.54) is 12.1 Å². The maximum absolute atomic E-state index is 12.9. The Bertz CT molecular complexity index is 537. The van der Waals surface area contributed by atoms with Crippen molar-refractivity contribution in [3.05, 3.63) is 45.9 Å². The molecule has 2 aromatic rings. The summed E-state index contributed by atoms with van der Waals surface area (Å²) in [5.74, 6) is -0.251. The molecular formula is C12H13BrFN3. The highest BCUT2D eigenvalue weighted by atomic mass is 79.9. The molecule has 0 saturated heterocycles. The smallest absolute Gasteiger partial charge is 0.124 e. The monoisotopic (exact) mass is 297 g/mol. The molecule has 5 heteroatoms. The third-order valence-electron chi connectivity index (χ3n) is 2.49. The van der Waals surface area contributed by atoms with Gasteiger partial charge >= 0.3 is 0 Å². The van der Waals surface area contributed by atoms with E-state index in [0.717, 1.165) is 21.5 Å². The highest BCUT2D eigenvalue weighted by Crippen LogP contribution is 2.23. The summed E-state index contributed by atoms with van der Waals surface area (Å²) >= 11 is 3.32. The van der Waals surface area contributed by atoms with Gasteiger partial charge in [0.05, 0.1) is 17.9 Å². The van der Waals surface area contributed by atoms with Crippen LogP contribution in [0.3, 0.4) is 0 Å². The van der Waals surface area contributed by atoms with E-state index >= 15 is 0 Å². The lowest BCUT2D eigenvalue weighted by Gasteiger charge is -2.08. The maximum Gasteiger partial charge on any atom is 0.124 e. The minimum atomic E-state index is -0.251. The van der Waals surface area contributed by atoms with Gasteiger partial charge in [0.1, 0.15) is 5.82 Å². The molecular weight excluding hydrogens is 285 g/mol. The second kappa shape index (κ2) is 4.87. The van der Waals surface area contributed by atoms with Crippen molar-refractivity contribution in [3.8, 4) is 0 Å². The van der Waals surface area contributed by atoms with E-state index in [4.69, 9.17) is 0 Å². The number of anilines is 1. The number of hydrogen-bond donors (Lipinski definition) is 1. The first kappa shape index (κ1) is 12.1. The van der Waals surface area contributed by atoms with Crippen molar-refractivity contribution in [2.75, 3.05) is 5.32 Å². The van der Waals surface area contributed by atoms with Crippen LogP contribution in [0.1, 0.15) is 11.4 Å². The van der Waals surface area contributed by atoms with Gasteiger partial charge in [0.25, 0.3) is 0 Å². The van der Waals surface area contributed by atoms with Crippen molar-refractivity contribution < 1.29 is 4.39 Å². The summed E-state index contributed by atoms with van der Waals surface area (Å²) in [6, 6.07) is 6.60. The summed E-state index contributed by atoms with van der Waals surface area (Å²) in [5, 5.41) is 7.50. The fraction of sp³-hybridized carbons (Fsp3) is 0.250. The van der Waals surface area contributed by atoms with Gasteiger partial charge in [-0.1, -0.05) is 0 Å². The molecule has 0 aliphatic heterocycles. The molecule has 2 rings (SSSR count). The highest BCUT2D eigenvalue weighted by Gasteiger charge is 2.04.